The van der Waals surface area contributed by atoms with Crippen LogP contribution in [0.25, 0.3) is 0 Å². The fraction of sp³-hybridized carbons (Fsp3) is 0.429. The van der Waals surface area contributed by atoms with Gasteiger partial charge in [-0.25, -0.2) is 0 Å². The van der Waals surface area contributed by atoms with Crippen LogP contribution in [-0.2, 0) is 23.9 Å². The normalized spacial score (nSPS) is 13.9. The fourth-order valence-electron chi connectivity index (χ4n) is 1.89. The van der Waals surface area contributed by atoms with Crippen LogP contribution in [-0.4, -0.2) is 27.3 Å². The van der Waals surface area contributed by atoms with Gasteiger partial charge in [0, 0.05) is 24.5 Å². The van der Waals surface area contributed by atoms with E-state index in [1.165, 1.54) is 11.3 Å². The fourth-order valence-corrected chi connectivity index (χ4v) is 2.68. The monoisotopic (exact) mass is 293 g/mol. The highest BCUT2D eigenvalue weighted by Crippen LogP contribution is 2.24. The highest BCUT2D eigenvalue weighted by atomic mass is 32.1. The lowest BCUT2D eigenvalue weighted by Gasteiger charge is -2.22. The summed E-state index contributed by atoms with van der Waals surface area (Å²) in [6.45, 7) is 1.93. The van der Waals surface area contributed by atoms with Crippen molar-refractivity contribution in [2.24, 2.45) is 7.05 Å². The highest BCUT2D eigenvalue weighted by molar-refractivity contribution is 7.10. The standard InChI is InChI=1S/C14H19N3O2S/c1-14(19,12-4-3-7-20-12)10-15-13(18)6-5-11-8-16-17(2)9-11/h3-4,7-9,19H,5-6,10H2,1-2H3,(H,15,18). The molecule has 0 fully saturated rings. The molecule has 0 saturated heterocycles. The SMILES string of the molecule is Cn1cc(CCC(=O)NCC(C)(O)c2cccs2)cn1. The smallest absolute Gasteiger partial charge is 0.220 e. The molecule has 20 heavy (non-hydrogen) atoms. The van der Waals surface area contributed by atoms with Crippen LogP contribution in [0.15, 0.2) is 29.9 Å². The summed E-state index contributed by atoms with van der Waals surface area (Å²) in [6.07, 6.45) is 4.71. The van der Waals surface area contributed by atoms with Gasteiger partial charge in [0.15, 0.2) is 0 Å². The van der Waals surface area contributed by atoms with E-state index in [0.717, 1.165) is 10.4 Å². The van der Waals surface area contributed by atoms with E-state index >= 15 is 0 Å². The van der Waals surface area contributed by atoms with Gasteiger partial charge in [0.25, 0.3) is 0 Å². The average molecular weight is 293 g/mol. The third-order valence-corrected chi connectivity index (χ3v) is 4.20. The van der Waals surface area contributed by atoms with Gasteiger partial charge in [0.2, 0.25) is 5.91 Å². The lowest BCUT2D eigenvalue weighted by molar-refractivity contribution is -0.122. The average Bonchev–Trinajstić information content (AvgIpc) is 3.05. The Hall–Kier alpha value is -1.66. The van der Waals surface area contributed by atoms with Gasteiger partial charge >= 0.3 is 0 Å². The maximum atomic E-state index is 11.8. The molecule has 2 N–H and O–H groups in total. The molecule has 108 valence electrons. The number of aliphatic hydroxyl groups is 1. The zero-order valence-electron chi connectivity index (χ0n) is 11.7. The molecule has 0 saturated carbocycles. The summed E-state index contributed by atoms with van der Waals surface area (Å²) >= 11 is 1.48. The number of nitrogens with zero attached hydrogens (tertiary/aromatic N) is 2. The Morgan fingerprint density at radius 2 is 2.40 bits per heavy atom. The van der Waals surface area contributed by atoms with Crippen LogP contribution in [0.1, 0.15) is 23.8 Å². The quantitative estimate of drug-likeness (QED) is 0.847. The second kappa shape index (κ2) is 6.19. The van der Waals surface area contributed by atoms with Crippen molar-refractivity contribution in [3.63, 3.8) is 0 Å². The van der Waals surface area contributed by atoms with Crippen LogP contribution >= 0.6 is 11.3 Å². The topological polar surface area (TPSA) is 67.2 Å². The molecule has 0 aliphatic carbocycles. The first kappa shape index (κ1) is 14.7. The van der Waals surface area contributed by atoms with Crippen molar-refractivity contribution in [2.75, 3.05) is 6.54 Å². The first-order valence-corrected chi connectivity index (χ1v) is 7.36. The van der Waals surface area contributed by atoms with Crippen molar-refractivity contribution in [1.82, 2.24) is 15.1 Å². The third kappa shape index (κ3) is 3.91. The number of aromatic nitrogens is 2. The van der Waals surface area contributed by atoms with E-state index in [9.17, 15) is 9.90 Å². The molecule has 1 unspecified atom stereocenters. The van der Waals surface area contributed by atoms with Crippen molar-refractivity contribution in [2.45, 2.75) is 25.4 Å². The molecule has 6 heteroatoms. The van der Waals surface area contributed by atoms with Gasteiger partial charge in [-0.15, -0.1) is 11.3 Å². The number of aryl methyl sites for hydroxylation is 2. The molecule has 5 nitrogen and oxygen atoms in total. The molecule has 2 rings (SSSR count). The summed E-state index contributed by atoms with van der Waals surface area (Å²) < 4.78 is 1.72. The summed E-state index contributed by atoms with van der Waals surface area (Å²) in [7, 11) is 1.85. The van der Waals surface area contributed by atoms with E-state index < -0.39 is 5.60 Å². The molecule has 2 aromatic rings. The molecule has 2 aromatic heterocycles. The van der Waals surface area contributed by atoms with Crippen LogP contribution in [0.5, 0.6) is 0 Å². The van der Waals surface area contributed by atoms with Gasteiger partial charge < -0.3 is 10.4 Å². The van der Waals surface area contributed by atoms with E-state index in [0.29, 0.717) is 12.8 Å². The number of carbonyl (C=O) groups excluding carboxylic acids is 1. The number of hydrogen-bond acceptors (Lipinski definition) is 4. The maximum absolute atomic E-state index is 11.8. The first-order valence-electron chi connectivity index (χ1n) is 6.48. The van der Waals surface area contributed by atoms with E-state index in [2.05, 4.69) is 10.4 Å². The van der Waals surface area contributed by atoms with Gasteiger partial charge in [0.05, 0.1) is 12.7 Å². The molecule has 0 radical (unpaired) electrons. The predicted octanol–water partition coefficient (Wildman–Crippen LogP) is 1.44. The van der Waals surface area contributed by atoms with E-state index in [1.54, 1.807) is 17.8 Å². The Morgan fingerprint density at radius 1 is 1.60 bits per heavy atom. The molecule has 0 aromatic carbocycles. The van der Waals surface area contributed by atoms with Crippen molar-refractivity contribution in [3.8, 4) is 0 Å². The van der Waals surface area contributed by atoms with Crippen LogP contribution in [0, 0.1) is 0 Å². The molecular formula is C14H19N3O2S. The number of rotatable bonds is 6. The van der Waals surface area contributed by atoms with Gasteiger partial charge in [-0.3, -0.25) is 9.48 Å². The molecule has 0 aliphatic heterocycles. The molecular weight excluding hydrogens is 274 g/mol. The van der Waals surface area contributed by atoms with Gasteiger partial charge in [-0.2, -0.15) is 5.10 Å². The molecule has 2 heterocycles. The third-order valence-electron chi connectivity index (χ3n) is 3.08. The molecule has 1 atom stereocenters. The summed E-state index contributed by atoms with van der Waals surface area (Å²) in [5.74, 6) is -0.0642. The van der Waals surface area contributed by atoms with E-state index in [1.807, 2.05) is 30.8 Å². The minimum Gasteiger partial charge on any atom is -0.383 e. The highest BCUT2D eigenvalue weighted by Gasteiger charge is 2.24. The number of carbonyl (C=O) groups is 1. The van der Waals surface area contributed by atoms with Gasteiger partial charge in [-0.05, 0) is 30.4 Å². The van der Waals surface area contributed by atoms with Crippen LogP contribution in [0.2, 0.25) is 0 Å². The number of hydrogen-bond donors (Lipinski definition) is 2. The molecule has 0 spiro atoms. The predicted molar refractivity (Wildman–Crippen MR) is 78.4 cm³/mol. The van der Waals surface area contributed by atoms with Gasteiger partial charge in [-0.1, -0.05) is 6.07 Å². The summed E-state index contributed by atoms with van der Waals surface area (Å²) in [5, 5.41) is 19.0. The Bertz CT molecular complexity index is 561. The Balaban J connectivity index is 1.77. The summed E-state index contributed by atoms with van der Waals surface area (Å²) in [5.41, 5.74) is 0.0191. The Kier molecular flexibility index (Phi) is 4.57. The molecule has 0 bridgehead atoms. The van der Waals surface area contributed by atoms with Crippen molar-refractivity contribution in [3.05, 3.63) is 40.3 Å². The lowest BCUT2D eigenvalue weighted by Crippen LogP contribution is -2.38. The zero-order chi connectivity index (χ0) is 14.6. The summed E-state index contributed by atoms with van der Waals surface area (Å²) in [6, 6.07) is 3.76. The van der Waals surface area contributed by atoms with Crippen LogP contribution in [0.3, 0.4) is 0 Å². The van der Waals surface area contributed by atoms with Crippen molar-refractivity contribution >= 4 is 17.2 Å². The number of amides is 1. The second-order valence-electron chi connectivity index (χ2n) is 5.05. The first-order chi connectivity index (χ1) is 9.47. The van der Waals surface area contributed by atoms with E-state index in [4.69, 9.17) is 0 Å². The minimum atomic E-state index is -1.02. The maximum Gasteiger partial charge on any atom is 0.220 e. The van der Waals surface area contributed by atoms with Crippen LogP contribution < -0.4 is 5.32 Å². The van der Waals surface area contributed by atoms with Crippen molar-refractivity contribution < 1.29 is 9.90 Å². The number of thiophene rings is 1. The van der Waals surface area contributed by atoms with Gasteiger partial charge in [0.1, 0.15) is 5.60 Å². The lowest BCUT2D eigenvalue weighted by atomic mass is 10.1. The summed E-state index contributed by atoms with van der Waals surface area (Å²) in [4.78, 5) is 12.6. The zero-order valence-corrected chi connectivity index (χ0v) is 12.5. The van der Waals surface area contributed by atoms with Crippen molar-refractivity contribution in [1.29, 1.82) is 0 Å². The Morgan fingerprint density at radius 3 is 3.00 bits per heavy atom. The minimum absolute atomic E-state index is 0.0642. The van der Waals surface area contributed by atoms with Crippen LogP contribution in [0.4, 0.5) is 0 Å². The molecule has 0 aliphatic rings. The Labute approximate surface area is 122 Å². The van der Waals surface area contributed by atoms with E-state index in [-0.39, 0.29) is 12.5 Å². The second-order valence-corrected chi connectivity index (χ2v) is 6.00. The largest absolute Gasteiger partial charge is 0.383 e. The number of nitrogens with one attached hydrogen (secondary N) is 1. The molecule has 1 amide bonds.